The number of ether oxygens (including phenoxy) is 2. The van der Waals surface area contributed by atoms with Crippen LogP contribution in [-0.4, -0.2) is 17.2 Å². The molecule has 0 aliphatic rings. The third-order valence-electron chi connectivity index (χ3n) is 6.23. The molecule has 0 aromatic heterocycles. The van der Waals surface area contributed by atoms with Crippen molar-refractivity contribution in [1.82, 2.24) is 0 Å². The molecule has 0 aliphatic carbocycles. The minimum atomic E-state index is -2.56. The molecule has 3 nitrogen and oxygen atoms in total. The van der Waals surface area contributed by atoms with Crippen molar-refractivity contribution >= 4 is 15.4 Å². The molecule has 0 radical (unpaired) electrons. The van der Waals surface area contributed by atoms with E-state index in [4.69, 9.17) is 9.47 Å². The molecule has 4 aromatic rings. The Morgan fingerprint density at radius 3 is 1.47 bits per heavy atom. The van der Waals surface area contributed by atoms with Gasteiger partial charge in [0.2, 0.25) is 0 Å². The van der Waals surface area contributed by atoms with Crippen molar-refractivity contribution < 1.29 is 13.7 Å². The van der Waals surface area contributed by atoms with Gasteiger partial charge in [0.1, 0.15) is 17.2 Å². The molecule has 4 aromatic carbocycles. The van der Waals surface area contributed by atoms with Crippen LogP contribution in [0.5, 0.6) is 17.2 Å². The van der Waals surface area contributed by atoms with E-state index in [0.717, 1.165) is 22.0 Å². The van der Waals surface area contributed by atoms with Crippen LogP contribution in [0.4, 0.5) is 0 Å². The van der Waals surface area contributed by atoms with Gasteiger partial charge in [-0.25, -0.2) is 0 Å². The third-order valence-corrected chi connectivity index (χ3v) is 8.30. The first kappa shape index (κ1) is 23.7. The lowest BCUT2D eigenvalue weighted by Gasteiger charge is -2.26. The number of rotatable bonds is 7. The Balaban J connectivity index is 1.48. The van der Waals surface area contributed by atoms with Crippen LogP contribution in [0.2, 0.25) is 0 Å². The average molecular weight is 471 g/mol. The molecule has 0 N–H and O–H groups in total. The number of methoxy groups -OCH3 is 1. The molecule has 34 heavy (non-hydrogen) atoms. The number of benzene rings is 4. The van der Waals surface area contributed by atoms with Gasteiger partial charge in [-0.1, -0.05) is 55.8 Å². The lowest BCUT2D eigenvalue weighted by molar-refractivity contribution is 0.414. The molecule has 1 unspecified atom stereocenters. The minimum absolute atomic E-state index is 0.156. The highest BCUT2D eigenvalue weighted by atomic mass is 32.2. The molecule has 0 saturated heterocycles. The van der Waals surface area contributed by atoms with Crippen LogP contribution in [-0.2, 0) is 14.9 Å². The summed E-state index contributed by atoms with van der Waals surface area (Å²) in [4.78, 5) is 1.40. The highest BCUT2D eigenvalue weighted by Gasteiger charge is 2.23. The Hall–Kier alpha value is -3.50. The summed E-state index contributed by atoms with van der Waals surface area (Å²) in [6, 6.07) is 31.3. The zero-order chi connectivity index (χ0) is 24.3. The third kappa shape index (κ3) is 4.87. The molecule has 4 rings (SSSR count). The van der Waals surface area contributed by atoms with Gasteiger partial charge in [0, 0.05) is 24.7 Å². The molecular formula is C30H30O3S. The molecule has 0 saturated carbocycles. The van der Waals surface area contributed by atoms with Crippen molar-refractivity contribution in [2.24, 2.45) is 0 Å². The van der Waals surface area contributed by atoms with Crippen LogP contribution in [0, 0.1) is 6.92 Å². The number of hydrogen-bond donors (Lipinski definition) is 0. The zero-order valence-electron chi connectivity index (χ0n) is 20.1. The Morgan fingerprint density at radius 2 is 1.03 bits per heavy atom. The summed E-state index contributed by atoms with van der Waals surface area (Å²) in [6.07, 6.45) is 0. The maximum absolute atomic E-state index is 13.3. The summed E-state index contributed by atoms with van der Waals surface area (Å²) in [5.41, 5.74) is 3.37. The van der Waals surface area contributed by atoms with Crippen molar-refractivity contribution in [1.29, 1.82) is 0 Å². The van der Waals surface area contributed by atoms with Gasteiger partial charge >= 0.3 is 0 Å². The summed E-state index contributed by atoms with van der Waals surface area (Å²) in [5.74, 6) is 6.28. The number of aryl methyl sites for hydroxylation is 1. The lowest BCUT2D eigenvalue weighted by atomic mass is 9.78. The molecule has 4 heteroatoms. The summed E-state index contributed by atoms with van der Waals surface area (Å²) >= 11 is 0. The molecule has 0 amide bonds. The topological polar surface area (TPSA) is 35.5 Å². The van der Waals surface area contributed by atoms with E-state index in [-0.39, 0.29) is 5.41 Å². The summed E-state index contributed by atoms with van der Waals surface area (Å²) < 4.78 is 24.6. The first-order chi connectivity index (χ1) is 16.2. The van der Waals surface area contributed by atoms with Gasteiger partial charge in [-0.3, -0.25) is 4.21 Å². The fourth-order valence-electron chi connectivity index (χ4n) is 3.87. The lowest BCUT2D eigenvalue weighted by Crippen LogP contribution is -2.18. The van der Waals surface area contributed by atoms with E-state index in [1.165, 1.54) is 11.1 Å². The van der Waals surface area contributed by atoms with Gasteiger partial charge in [0.25, 0.3) is 0 Å². The standard InChI is InChI=1S/C30H30O3S/c1-22-6-18-28(19-7-22)34(5,31)29-20-16-27(17-21-29)33-26-14-10-24(11-15-26)30(2,3)23-8-12-25(32-4)13-9-23/h6-21H,5H2,1-4H3. The van der Waals surface area contributed by atoms with Crippen LogP contribution >= 0.6 is 0 Å². The highest BCUT2D eigenvalue weighted by molar-refractivity contribution is 8.00. The molecule has 1 atom stereocenters. The number of hydrogen-bond acceptors (Lipinski definition) is 3. The Bertz CT molecular complexity index is 1350. The van der Waals surface area contributed by atoms with Gasteiger partial charge in [0.05, 0.1) is 7.11 Å². The van der Waals surface area contributed by atoms with Crippen molar-refractivity contribution in [3.63, 3.8) is 0 Å². The zero-order valence-corrected chi connectivity index (χ0v) is 20.9. The van der Waals surface area contributed by atoms with E-state index in [9.17, 15) is 4.21 Å². The van der Waals surface area contributed by atoms with Crippen molar-refractivity contribution in [2.75, 3.05) is 7.11 Å². The van der Waals surface area contributed by atoms with Crippen molar-refractivity contribution in [2.45, 2.75) is 36.0 Å². The van der Waals surface area contributed by atoms with Crippen LogP contribution in [0.3, 0.4) is 0 Å². The molecule has 0 heterocycles. The molecule has 0 spiro atoms. The second-order valence-electron chi connectivity index (χ2n) is 8.94. The molecular weight excluding hydrogens is 440 g/mol. The predicted octanol–water partition coefficient (Wildman–Crippen LogP) is 7.26. The van der Waals surface area contributed by atoms with E-state index in [0.29, 0.717) is 10.6 Å². The Labute approximate surface area is 203 Å². The Kier molecular flexibility index (Phi) is 6.54. The second-order valence-corrected chi connectivity index (χ2v) is 11.2. The van der Waals surface area contributed by atoms with E-state index in [1.807, 2.05) is 79.7 Å². The smallest absolute Gasteiger partial charge is 0.127 e. The van der Waals surface area contributed by atoms with Crippen molar-refractivity contribution in [3.05, 3.63) is 114 Å². The summed E-state index contributed by atoms with van der Waals surface area (Å²) in [5, 5.41) is 0. The maximum atomic E-state index is 13.3. The summed E-state index contributed by atoms with van der Waals surface area (Å²) in [7, 11) is -0.887. The van der Waals surface area contributed by atoms with Gasteiger partial charge in [-0.15, -0.1) is 0 Å². The van der Waals surface area contributed by atoms with E-state index < -0.39 is 9.52 Å². The SMILES string of the molecule is C=S(=O)(c1ccc(C)cc1)c1ccc(Oc2ccc(C(C)(C)c3ccc(OC)cc3)cc2)cc1. The van der Waals surface area contributed by atoms with Gasteiger partial charge < -0.3 is 9.47 Å². The quantitative estimate of drug-likeness (QED) is 0.267. The Morgan fingerprint density at radius 1 is 0.647 bits per heavy atom. The first-order valence-electron chi connectivity index (χ1n) is 11.2. The highest BCUT2D eigenvalue weighted by Crippen LogP contribution is 2.34. The van der Waals surface area contributed by atoms with Gasteiger partial charge in [-0.2, -0.15) is 0 Å². The maximum Gasteiger partial charge on any atom is 0.127 e. The molecule has 0 bridgehead atoms. The van der Waals surface area contributed by atoms with Crippen LogP contribution in [0.15, 0.2) is 107 Å². The average Bonchev–Trinajstić information content (AvgIpc) is 2.85. The van der Waals surface area contributed by atoms with Crippen LogP contribution in [0.1, 0.15) is 30.5 Å². The molecule has 0 fully saturated rings. The van der Waals surface area contributed by atoms with E-state index in [1.54, 1.807) is 7.11 Å². The first-order valence-corrected chi connectivity index (χ1v) is 12.9. The van der Waals surface area contributed by atoms with Gasteiger partial charge in [-0.05, 0) is 84.6 Å². The second kappa shape index (κ2) is 9.40. The molecule has 174 valence electrons. The minimum Gasteiger partial charge on any atom is -0.497 e. The van der Waals surface area contributed by atoms with Crippen molar-refractivity contribution in [3.8, 4) is 17.2 Å². The van der Waals surface area contributed by atoms with E-state index >= 15 is 0 Å². The fourth-order valence-corrected chi connectivity index (χ4v) is 5.30. The fraction of sp³-hybridized carbons (Fsp3) is 0.167. The molecule has 0 aliphatic heterocycles. The normalized spacial score (nSPS) is 13.2. The predicted molar refractivity (Wildman–Crippen MR) is 141 cm³/mol. The van der Waals surface area contributed by atoms with Crippen LogP contribution in [0.25, 0.3) is 0 Å². The monoisotopic (exact) mass is 470 g/mol. The van der Waals surface area contributed by atoms with E-state index in [2.05, 4.69) is 44.0 Å². The largest absolute Gasteiger partial charge is 0.497 e. The van der Waals surface area contributed by atoms with Gasteiger partial charge in [0.15, 0.2) is 0 Å². The van der Waals surface area contributed by atoms with Crippen LogP contribution < -0.4 is 9.47 Å². The summed E-state index contributed by atoms with van der Waals surface area (Å²) in [6.45, 7) is 6.41.